The Kier molecular flexibility index (Phi) is 12.0. The van der Waals surface area contributed by atoms with Gasteiger partial charge in [0.15, 0.2) is 5.60 Å². The number of hydrogen-bond acceptors (Lipinski definition) is 6. The Morgan fingerprint density at radius 1 is 0.531 bits per heavy atom. The molecule has 1 aliphatic rings. The van der Waals surface area contributed by atoms with Crippen molar-refractivity contribution in [2.45, 2.75) is 62.5 Å². The zero-order valence-electron chi connectivity index (χ0n) is 27.4. The molecule has 0 aromatic heterocycles. The molecule has 5 aromatic rings. The normalized spacial score (nSPS) is 21.8. The van der Waals surface area contributed by atoms with E-state index in [-0.39, 0.29) is 19.8 Å². The van der Waals surface area contributed by atoms with Gasteiger partial charge in [0, 0.05) is 0 Å². The van der Waals surface area contributed by atoms with Crippen LogP contribution in [0.15, 0.2) is 152 Å². The van der Waals surface area contributed by atoms with Gasteiger partial charge in [-0.3, -0.25) is 0 Å². The fourth-order valence-electron chi connectivity index (χ4n) is 6.15. The number of rotatable bonds is 15. The summed E-state index contributed by atoms with van der Waals surface area (Å²) in [6.45, 7) is 1.37. The summed E-state index contributed by atoms with van der Waals surface area (Å²) in [5.41, 5.74) is 2.64. The van der Waals surface area contributed by atoms with Crippen LogP contribution in [-0.4, -0.2) is 42.2 Å². The maximum absolute atomic E-state index is 12.4. The molecule has 0 saturated carbocycles. The lowest BCUT2D eigenvalue weighted by Crippen LogP contribution is -2.66. The number of aliphatic hydroxyl groups is 1. The van der Waals surface area contributed by atoms with Crippen molar-refractivity contribution >= 4 is 0 Å². The third kappa shape index (κ3) is 8.91. The van der Waals surface area contributed by atoms with Gasteiger partial charge in [-0.2, -0.15) is 0 Å². The van der Waals surface area contributed by atoms with E-state index in [0.29, 0.717) is 18.8 Å². The Balaban J connectivity index is 1.39. The lowest BCUT2D eigenvalue weighted by atomic mass is 9.80. The van der Waals surface area contributed by atoms with Crippen LogP contribution >= 0.6 is 0 Å². The Morgan fingerprint density at radius 3 is 1.37 bits per heavy atom. The summed E-state index contributed by atoms with van der Waals surface area (Å²) in [5.74, 6) is 2.68. The van der Waals surface area contributed by atoms with E-state index in [1.54, 1.807) is 12.1 Å². The molecule has 250 valence electrons. The molecule has 49 heavy (non-hydrogen) atoms. The van der Waals surface area contributed by atoms with Crippen molar-refractivity contribution in [1.29, 1.82) is 0 Å². The average Bonchev–Trinajstić information content (AvgIpc) is 3.17. The molecule has 0 bridgehead atoms. The Hall–Kier alpha value is -4.58. The Labute approximate surface area is 289 Å². The van der Waals surface area contributed by atoms with Crippen LogP contribution in [-0.2, 0) is 55.7 Å². The van der Waals surface area contributed by atoms with Crippen molar-refractivity contribution in [1.82, 2.24) is 0 Å². The van der Waals surface area contributed by atoms with E-state index in [0.717, 1.165) is 22.3 Å². The summed E-state index contributed by atoms with van der Waals surface area (Å²) in [6.07, 6.45) is 2.31. The third-order valence-electron chi connectivity index (χ3n) is 8.73. The van der Waals surface area contributed by atoms with Crippen LogP contribution in [0.4, 0.5) is 0 Å². The molecule has 1 saturated heterocycles. The second kappa shape index (κ2) is 17.2. The van der Waals surface area contributed by atoms with Crippen LogP contribution in [0, 0.1) is 12.3 Å². The summed E-state index contributed by atoms with van der Waals surface area (Å²) in [4.78, 5) is 0. The number of terminal acetylenes is 1. The fraction of sp³-hybridized carbons (Fsp3) is 0.256. The molecule has 1 fully saturated rings. The van der Waals surface area contributed by atoms with Crippen LogP contribution in [0.25, 0.3) is 0 Å². The van der Waals surface area contributed by atoms with Gasteiger partial charge in [0.05, 0.1) is 33.0 Å². The zero-order valence-corrected chi connectivity index (χ0v) is 27.4. The molecule has 1 aliphatic heterocycles. The first-order valence-corrected chi connectivity index (χ1v) is 16.6. The molecule has 1 N–H and O–H groups in total. The minimum Gasteiger partial charge on any atom is -0.374 e. The van der Waals surface area contributed by atoms with E-state index in [4.69, 9.17) is 30.1 Å². The summed E-state index contributed by atoms with van der Waals surface area (Å²) in [7, 11) is 0. The number of ether oxygens (including phenoxy) is 5. The average molecular weight is 655 g/mol. The molecule has 0 aliphatic carbocycles. The molecule has 6 nitrogen and oxygen atoms in total. The summed E-state index contributed by atoms with van der Waals surface area (Å²) in [5, 5.41) is 12.4. The van der Waals surface area contributed by atoms with Crippen molar-refractivity contribution in [3.05, 3.63) is 179 Å². The van der Waals surface area contributed by atoms with Crippen LogP contribution < -0.4 is 0 Å². The fourth-order valence-corrected chi connectivity index (χ4v) is 6.15. The summed E-state index contributed by atoms with van der Waals surface area (Å²) < 4.78 is 33.4. The van der Waals surface area contributed by atoms with Crippen LogP contribution in [0.5, 0.6) is 0 Å². The first-order valence-electron chi connectivity index (χ1n) is 16.6. The lowest BCUT2D eigenvalue weighted by Gasteiger charge is -2.49. The molecule has 6 atom stereocenters. The maximum atomic E-state index is 12.4. The number of hydrogen-bond donors (Lipinski definition) is 1. The highest BCUT2D eigenvalue weighted by Crippen LogP contribution is 2.39. The second-order valence-corrected chi connectivity index (χ2v) is 12.2. The van der Waals surface area contributed by atoms with Crippen molar-refractivity contribution in [2.24, 2.45) is 0 Å². The van der Waals surface area contributed by atoms with Crippen molar-refractivity contribution in [3.8, 4) is 12.3 Å². The zero-order chi connectivity index (χ0) is 33.7. The van der Waals surface area contributed by atoms with Gasteiger partial charge >= 0.3 is 0 Å². The van der Waals surface area contributed by atoms with Gasteiger partial charge in [-0.1, -0.05) is 158 Å². The van der Waals surface area contributed by atoms with Crippen molar-refractivity contribution < 1.29 is 28.8 Å². The minimum absolute atomic E-state index is 0.164. The summed E-state index contributed by atoms with van der Waals surface area (Å²) >= 11 is 0. The lowest BCUT2D eigenvalue weighted by molar-refractivity contribution is -0.296. The van der Waals surface area contributed by atoms with Crippen LogP contribution in [0.1, 0.15) is 27.8 Å². The van der Waals surface area contributed by atoms with E-state index >= 15 is 0 Å². The van der Waals surface area contributed by atoms with E-state index < -0.39 is 36.1 Å². The smallest absolute Gasteiger partial charge is 0.179 e. The molecule has 6 rings (SSSR count). The largest absolute Gasteiger partial charge is 0.374 e. The van der Waals surface area contributed by atoms with E-state index in [1.165, 1.54) is 0 Å². The van der Waals surface area contributed by atoms with E-state index in [2.05, 4.69) is 5.92 Å². The van der Waals surface area contributed by atoms with E-state index in [1.807, 2.05) is 140 Å². The monoisotopic (exact) mass is 654 g/mol. The van der Waals surface area contributed by atoms with Crippen molar-refractivity contribution in [2.75, 3.05) is 6.61 Å². The highest BCUT2D eigenvalue weighted by Gasteiger charge is 2.55. The Morgan fingerprint density at radius 2 is 0.918 bits per heavy atom. The molecule has 1 heterocycles. The predicted octanol–water partition coefficient (Wildman–Crippen LogP) is 7.25. The maximum Gasteiger partial charge on any atom is 0.179 e. The quantitative estimate of drug-likeness (QED) is 0.120. The first-order chi connectivity index (χ1) is 24.1. The van der Waals surface area contributed by atoms with Gasteiger partial charge in [-0.05, 0) is 27.8 Å². The molecular weight excluding hydrogens is 612 g/mol. The van der Waals surface area contributed by atoms with Crippen molar-refractivity contribution in [3.63, 3.8) is 0 Å². The molecule has 5 aromatic carbocycles. The van der Waals surface area contributed by atoms with Gasteiger partial charge in [-0.15, -0.1) is 6.42 Å². The second-order valence-electron chi connectivity index (χ2n) is 12.2. The topological polar surface area (TPSA) is 66.4 Å². The van der Waals surface area contributed by atoms with Gasteiger partial charge in [0.25, 0.3) is 0 Å². The molecule has 0 unspecified atom stereocenters. The molecule has 0 radical (unpaired) electrons. The van der Waals surface area contributed by atoms with Gasteiger partial charge in [-0.25, -0.2) is 0 Å². The molecule has 0 spiro atoms. The number of benzene rings is 5. The molecule has 6 heteroatoms. The highest BCUT2D eigenvalue weighted by atomic mass is 16.6. The highest BCUT2D eigenvalue weighted by molar-refractivity contribution is 5.34. The Bertz CT molecular complexity index is 1710. The first kappa shape index (κ1) is 34.3. The molecule has 0 amide bonds. The van der Waals surface area contributed by atoms with Crippen LogP contribution in [0.3, 0.4) is 0 Å². The van der Waals surface area contributed by atoms with E-state index in [9.17, 15) is 5.11 Å². The SMILES string of the molecule is C#C[C@@](O)(c1ccccc1)[C@@H]1O[C@H](COCc2ccccc2)[C@@H](OCc2ccccc2)[C@H](OCc2ccccc2)[C@H]1OCc1ccccc1. The minimum atomic E-state index is -1.86. The van der Waals surface area contributed by atoms with Crippen LogP contribution in [0.2, 0.25) is 0 Å². The predicted molar refractivity (Wildman–Crippen MR) is 189 cm³/mol. The van der Waals surface area contributed by atoms with Gasteiger partial charge in [0.2, 0.25) is 0 Å². The summed E-state index contributed by atoms with van der Waals surface area (Å²) in [6, 6.07) is 48.9. The third-order valence-corrected chi connectivity index (χ3v) is 8.73. The van der Waals surface area contributed by atoms with Gasteiger partial charge in [0.1, 0.15) is 30.5 Å². The standard InChI is InChI=1S/C43H42O6/c1-2-43(44,37-26-16-7-17-27-37)42-41(48-31-36-24-14-6-15-25-36)40(47-30-35-22-12-5-13-23-35)39(46-29-34-20-10-4-11-21-34)38(49-42)32-45-28-33-18-8-3-9-19-33/h1,3-27,38-42,44H,28-32H2/t38-,39-,40+,41-,42-,43-/m1/s1. The van der Waals surface area contributed by atoms with Gasteiger partial charge < -0.3 is 28.8 Å². The molecular formula is C43H42O6.